The molecule has 0 atom stereocenters. The van der Waals surface area contributed by atoms with Crippen LogP contribution in [0.25, 0.3) is 0 Å². The third-order valence-corrected chi connectivity index (χ3v) is 3.20. The summed E-state index contributed by atoms with van der Waals surface area (Å²) in [5.74, 6) is -0.240. The normalized spacial score (nSPS) is 10.4. The van der Waals surface area contributed by atoms with Crippen LogP contribution in [-0.4, -0.2) is 35.8 Å². The van der Waals surface area contributed by atoms with E-state index in [1.807, 2.05) is 39.0 Å². The minimum absolute atomic E-state index is 0.0824. The molecule has 19 heavy (non-hydrogen) atoms. The van der Waals surface area contributed by atoms with Gasteiger partial charge in [-0.3, -0.25) is 9.59 Å². The molecule has 1 aromatic carbocycles. The highest BCUT2D eigenvalue weighted by Crippen LogP contribution is 2.10. The standard InChI is InChI=1S/C14H19IN2O2/c1-4-17(9-13(18)16-10(2)3)14(19)11-6-5-7-12(15)8-11/h5-8,10H,4,9H2,1-3H3,(H,16,18). The molecule has 0 bridgehead atoms. The van der Waals surface area contributed by atoms with E-state index in [0.717, 1.165) is 3.57 Å². The number of benzene rings is 1. The van der Waals surface area contributed by atoms with Crippen molar-refractivity contribution in [2.75, 3.05) is 13.1 Å². The molecule has 1 N–H and O–H groups in total. The van der Waals surface area contributed by atoms with Crippen molar-refractivity contribution in [1.29, 1.82) is 0 Å². The molecular weight excluding hydrogens is 355 g/mol. The second kappa shape index (κ2) is 7.47. The van der Waals surface area contributed by atoms with E-state index in [1.54, 1.807) is 11.0 Å². The van der Waals surface area contributed by atoms with Gasteiger partial charge >= 0.3 is 0 Å². The van der Waals surface area contributed by atoms with Crippen LogP contribution >= 0.6 is 22.6 Å². The minimum Gasteiger partial charge on any atom is -0.352 e. The smallest absolute Gasteiger partial charge is 0.254 e. The van der Waals surface area contributed by atoms with E-state index in [1.165, 1.54) is 0 Å². The first-order valence-electron chi connectivity index (χ1n) is 6.28. The Morgan fingerprint density at radius 1 is 1.37 bits per heavy atom. The molecular formula is C14H19IN2O2. The topological polar surface area (TPSA) is 49.4 Å². The predicted octanol–water partition coefficient (Wildman–Crippen LogP) is 2.28. The maximum atomic E-state index is 12.3. The van der Waals surface area contributed by atoms with Gasteiger partial charge in [-0.2, -0.15) is 0 Å². The van der Waals surface area contributed by atoms with Gasteiger partial charge in [-0.25, -0.2) is 0 Å². The first-order chi connectivity index (χ1) is 8.93. The van der Waals surface area contributed by atoms with Crippen LogP contribution in [0.5, 0.6) is 0 Å². The van der Waals surface area contributed by atoms with Gasteiger partial charge in [0.05, 0.1) is 6.54 Å². The van der Waals surface area contributed by atoms with Crippen LogP contribution in [0.1, 0.15) is 31.1 Å². The highest BCUT2D eigenvalue weighted by atomic mass is 127. The molecule has 1 aromatic rings. The number of halogens is 1. The maximum Gasteiger partial charge on any atom is 0.254 e. The van der Waals surface area contributed by atoms with E-state index >= 15 is 0 Å². The van der Waals surface area contributed by atoms with Crippen molar-refractivity contribution in [3.05, 3.63) is 33.4 Å². The number of nitrogens with zero attached hydrogens (tertiary/aromatic N) is 1. The second-order valence-electron chi connectivity index (χ2n) is 4.55. The quantitative estimate of drug-likeness (QED) is 0.804. The molecule has 0 aliphatic carbocycles. The predicted molar refractivity (Wildman–Crippen MR) is 84.0 cm³/mol. The van der Waals surface area contributed by atoms with E-state index in [-0.39, 0.29) is 24.4 Å². The Morgan fingerprint density at radius 3 is 2.58 bits per heavy atom. The van der Waals surface area contributed by atoms with Crippen molar-refractivity contribution < 1.29 is 9.59 Å². The van der Waals surface area contributed by atoms with Crippen molar-refractivity contribution in [1.82, 2.24) is 10.2 Å². The third-order valence-electron chi connectivity index (χ3n) is 2.52. The average Bonchev–Trinajstić information content (AvgIpc) is 2.34. The minimum atomic E-state index is -0.129. The van der Waals surface area contributed by atoms with Gasteiger partial charge in [-0.1, -0.05) is 6.07 Å². The number of rotatable bonds is 5. The van der Waals surface area contributed by atoms with Gasteiger partial charge < -0.3 is 10.2 Å². The molecule has 0 radical (unpaired) electrons. The molecule has 0 fully saturated rings. The Morgan fingerprint density at radius 2 is 2.05 bits per heavy atom. The lowest BCUT2D eigenvalue weighted by molar-refractivity contribution is -0.122. The average molecular weight is 374 g/mol. The second-order valence-corrected chi connectivity index (χ2v) is 5.80. The van der Waals surface area contributed by atoms with Crippen LogP contribution < -0.4 is 5.32 Å². The molecule has 2 amide bonds. The number of amides is 2. The number of nitrogens with one attached hydrogen (secondary N) is 1. The zero-order valence-electron chi connectivity index (χ0n) is 11.4. The molecule has 0 saturated heterocycles. The Balaban J connectivity index is 2.74. The fraction of sp³-hybridized carbons (Fsp3) is 0.429. The summed E-state index contributed by atoms with van der Waals surface area (Å²) in [5, 5.41) is 2.79. The zero-order chi connectivity index (χ0) is 14.4. The van der Waals surface area contributed by atoms with Gasteiger partial charge in [0.25, 0.3) is 5.91 Å². The van der Waals surface area contributed by atoms with E-state index in [4.69, 9.17) is 0 Å². The van der Waals surface area contributed by atoms with Gasteiger partial charge in [0.2, 0.25) is 5.91 Å². The van der Waals surface area contributed by atoms with Gasteiger partial charge in [0.15, 0.2) is 0 Å². The van der Waals surface area contributed by atoms with Crippen molar-refractivity contribution >= 4 is 34.4 Å². The van der Waals surface area contributed by atoms with E-state index in [9.17, 15) is 9.59 Å². The molecule has 1 rings (SSSR count). The Bertz CT molecular complexity index is 461. The SMILES string of the molecule is CCN(CC(=O)NC(C)C)C(=O)c1cccc(I)c1. The first-order valence-corrected chi connectivity index (χ1v) is 7.36. The summed E-state index contributed by atoms with van der Waals surface area (Å²) >= 11 is 2.17. The molecule has 0 aliphatic rings. The van der Waals surface area contributed by atoms with Gasteiger partial charge in [0.1, 0.15) is 0 Å². The number of carbonyl (C=O) groups is 2. The maximum absolute atomic E-state index is 12.3. The zero-order valence-corrected chi connectivity index (χ0v) is 13.6. The summed E-state index contributed by atoms with van der Waals surface area (Å²) in [6.07, 6.45) is 0. The molecule has 0 saturated carbocycles. The van der Waals surface area contributed by atoms with E-state index < -0.39 is 0 Å². The third kappa shape index (κ3) is 5.18. The van der Waals surface area contributed by atoms with Crippen LogP contribution in [0, 0.1) is 3.57 Å². The summed E-state index contributed by atoms with van der Waals surface area (Å²) < 4.78 is 1.01. The highest BCUT2D eigenvalue weighted by molar-refractivity contribution is 14.1. The van der Waals surface area contributed by atoms with Gasteiger partial charge in [0, 0.05) is 21.7 Å². The lowest BCUT2D eigenvalue weighted by atomic mass is 10.2. The van der Waals surface area contributed by atoms with Crippen LogP contribution in [0.2, 0.25) is 0 Å². The number of carbonyl (C=O) groups excluding carboxylic acids is 2. The number of hydrogen-bond donors (Lipinski definition) is 1. The molecule has 0 heterocycles. The number of hydrogen-bond acceptors (Lipinski definition) is 2. The van der Waals surface area contributed by atoms with E-state index in [0.29, 0.717) is 12.1 Å². The van der Waals surface area contributed by atoms with Crippen molar-refractivity contribution in [2.45, 2.75) is 26.8 Å². The largest absolute Gasteiger partial charge is 0.352 e. The fourth-order valence-corrected chi connectivity index (χ4v) is 2.22. The van der Waals surface area contributed by atoms with Crippen LogP contribution in [0.3, 0.4) is 0 Å². The summed E-state index contributed by atoms with van der Waals surface area (Å²) in [6.45, 7) is 6.27. The van der Waals surface area contributed by atoms with Crippen LogP contribution in [-0.2, 0) is 4.79 Å². The molecule has 0 unspecified atom stereocenters. The number of likely N-dealkylation sites (N-methyl/N-ethyl adjacent to an activating group) is 1. The lowest BCUT2D eigenvalue weighted by Crippen LogP contribution is -2.42. The molecule has 4 nitrogen and oxygen atoms in total. The van der Waals surface area contributed by atoms with Crippen molar-refractivity contribution in [3.8, 4) is 0 Å². The summed E-state index contributed by atoms with van der Waals surface area (Å²) in [6, 6.07) is 7.45. The Kier molecular flexibility index (Phi) is 6.27. The first kappa shape index (κ1) is 15.9. The van der Waals surface area contributed by atoms with Crippen molar-refractivity contribution in [2.24, 2.45) is 0 Å². The lowest BCUT2D eigenvalue weighted by Gasteiger charge is -2.21. The molecule has 0 aromatic heterocycles. The molecule has 0 spiro atoms. The fourth-order valence-electron chi connectivity index (χ4n) is 1.67. The summed E-state index contributed by atoms with van der Waals surface area (Å²) in [7, 11) is 0. The monoisotopic (exact) mass is 374 g/mol. The summed E-state index contributed by atoms with van der Waals surface area (Å²) in [4.78, 5) is 25.6. The molecule has 5 heteroatoms. The van der Waals surface area contributed by atoms with Gasteiger partial charge in [-0.15, -0.1) is 0 Å². The summed E-state index contributed by atoms with van der Waals surface area (Å²) in [5.41, 5.74) is 0.617. The van der Waals surface area contributed by atoms with Gasteiger partial charge in [-0.05, 0) is 61.6 Å². The molecule has 0 aliphatic heterocycles. The van der Waals surface area contributed by atoms with Crippen molar-refractivity contribution in [3.63, 3.8) is 0 Å². The van der Waals surface area contributed by atoms with E-state index in [2.05, 4.69) is 27.9 Å². The highest BCUT2D eigenvalue weighted by Gasteiger charge is 2.17. The van der Waals surface area contributed by atoms with Crippen LogP contribution in [0.4, 0.5) is 0 Å². The Hall–Kier alpha value is -1.11. The Labute approximate surface area is 127 Å². The van der Waals surface area contributed by atoms with Crippen LogP contribution in [0.15, 0.2) is 24.3 Å². The molecule has 104 valence electrons.